The lowest BCUT2D eigenvalue weighted by molar-refractivity contribution is 0.581. The van der Waals surface area contributed by atoms with E-state index in [2.05, 4.69) is 15.6 Å². The van der Waals surface area contributed by atoms with Gasteiger partial charge in [0, 0.05) is 24.9 Å². The summed E-state index contributed by atoms with van der Waals surface area (Å²) in [5.74, 6) is -0.550. The van der Waals surface area contributed by atoms with Crippen molar-refractivity contribution in [1.29, 1.82) is 0 Å². The molecule has 0 saturated heterocycles. The summed E-state index contributed by atoms with van der Waals surface area (Å²) < 4.78 is 49.8. The lowest BCUT2D eigenvalue weighted by Gasteiger charge is -2.12. The fourth-order valence-corrected chi connectivity index (χ4v) is 2.84. The Hall–Kier alpha value is -2.48. The largest absolute Gasteiger partial charge is 0.357 e. The van der Waals surface area contributed by atoms with Gasteiger partial charge >= 0.3 is 0 Å². The van der Waals surface area contributed by atoms with Crippen LogP contribution >= 0.6 is 0 Å². The maximum atomic E-state index is 13.7. The van der Waals surface area contributed by atoms with Gasteiger partial charge in [0.05, 0.1) is 11.4 Å². The van der Waals surface area contributed by atoms with E-state index in [4.69, 9.17) is 0 Å². The number of nitrogens with one attached hydrogen (secondary N) is 2. The summed E-state index contributed by atoms with van der Waals surface area (Å²) in [6.45, 7) is 2.89. The van der Waals surface area contributed by atoms with Crippen LogP contribution in [0, 0.1) is 11.6 Å². The van der Waals surface area contributed by atoms with Crippen molar-refractivity contribution in [3.8, 4) is 0 Å². The number of sulfone groups is 1. The molecule has 0 aliphatic carbocycles. The zero-order valence-electron chi connectivity index (χ0n) is 14.6. The molecule has 0 heterocycles. The Balaban J connectivity index is 2.05. The van der Waals surface area contributed by atoms with Crippen LogP contribution in [0.3, 0.4) is 0 Å². The quantitative estimate of drug-likeness (QED) is 0.596. The molecule has 0 saturated carbocycles. The summed E-state index contributed by atoms with van der Waals surface area (Å²) >= 11 is 0. The fourth-order valence-electron chi connectivity index (χ4n) is 2.21. The molecule has 2 aromatic rings. The molecule has 0 aliphatic heterocycles. The molecule has 0 bridgehead atoms. The highest BCUT2D eigenvalue weighted by Gasteiger charge is 2.07. The topological polar surface area (TPSA) is 70.6 Å². The van der Waals surface area contributed by atoms with Gasteiger partial charge in [-0.3, -0.25) is 0 Å². The van der Waals surface area contributed by atoms with Crippen LogP contribution in [-0.2, 0) is 22.9 Å². The molecule has 0 fully saturated rings. The number of benzene rings is 2. The van der Waals surface area contributed by atoms with Gasteiger partial charge in [-0.1, -0.05) is 12.1 Å². The fraction of sp³-hybridized carbons (Fsp3) is 0.278. The first-order valence-corrected chi connectivity index (χ1v) is 9.94. The van der Waals surface area contributed by atoms with Gasteiger partial charge in [-0.15, -0.1) is 0 Å². The van der Waals surface area contributed by atoms with Crippen molar-refractivity contribution in [2.24, 2.45) is 4.99 Å². The van der Waals surface area contributed by atoms with Crippen LogP contribution in [0.2, 0.25) is 0 Å². The molecule has 5 nitrogen and oxygen atoms in total. The number of guanidine groups is 1. The number of halogens is 2. The van der Waals surface area contributed by atoms with E-state index in [-0.39, 0.29) is 17.0 Å². The van der Waals surface area contributed by atoms with E-state index in [1.54, 1.807) is 12.1 Å². The van der Waals surface area contributed by atoms with E-state index >= 15 is 0 Å². The van der Waals surface area contributed by atoms with Gasteiger partial charge in [-0.25, -0.2) is 22.2 Å². The predicted octanol–water partition coefficient (Wildman–Crippen LogP) is 2.62. The van der Waals surface area contributed by atoms with Gasteiger partial charge in [0.25, 0.3) is 0 Å². The molecular weight excluding hydrogens is 360 g/mol. The highest BCUT2D eigenvalue weighted by Crippen LogP contribution is 2.11. The summed E-state index contributed by atoms with van der Waals surface area (Å²) in [5.41, 5.74) is 1.03. The van der Waals surface area contributed by atoms with E-state index in [0.29, 0.717) is 19.0 Å². The van der Waals surface area contributed by atoms with Crippen molar-refractivity contribution in [2.45, 2.75) is 24.9 Å². The minimum atomic E-state index is -3.23. The average molecular weight is 381 g/mol. The molecule has 140 valence electrons. The molecule has 0 atom stereocenters. The summed E-state index contributed by atoms with van der Waals surface area (Å²) in [5, 5.41) is 5.97. The Morgan fingerprint density at radius 3 is 2.38 bits per heavy atom. The van der Waals surface area contributed by atoms with Gasteiger partial charge < -0.3 is 10.6 Å². The van der Waals surface area contributed by atoms with Crippen LogP contribution in [-0.4, -0.2) is 27.2 Å². The smallest absolute Gasteiger partial charge is 0.191 e. The summed E-state index contributed by atoms with van der Waals surface area (Å²) in [7, 11) is -3.23. The summed E-state index contributed by atoms with van der Waals surface area (Å²) in [6.07, 6.45) is 1.15. The standard InChI is InChI=1S/C18H21F2N3O2S/c1-3-21-18(23-12-14-10-15(19)6-9-17(14)20)22-11-13-4-7-16(8-5-13)26(2,24)25/h4-10H,3,11-12H2,1-2H3,(H2,21,22,23). The van der Waals surface area contributed by atoms with E-state index in [9.17, 15) is 17.2 Å². The van der Waals surface area contributed by atoms with E-state index in [1.807, 2.05) is 6.92 Å². The zero-order valence-corrected chi connectivity index (χ0v) is 15.4. The highest BCUT2D eigenvalue weighted by atomic mass is 32.2. The van der Waals surface area contributed by atoms with Gasteiger partial charge in [-0.05, 0) is 42.8 Å². The minimum absolute atomic E-state index is 0.0858. The van der Waals surface area contributed by atoms with Crippen molar-refractivity contribution < 1.29 is 17.2 Å². The first-order valence-electron chi connectivity index (χ1n) is 8.04. The molecule has 0 aliphatic rings. The molecule has 0 radical (unpaired) electrons. The molecule has 0 amide bonds. The van der Waals surface area contributed by atoms with Crippen molar-refractivity contribution in [3.63, 3.8) is 0 Å². The normalized spacial score (nSPS) is 12.1. The van der Waals surface area contributed by atoms with Crippen LogP contribution in [0.25, 0.3) is 0 Å². The monoisotopic (exact) mass is 381 g/mol. The van der Waals surface area contributed by atoms with Crippen LogP contribution < -0.4 is 10.6 Å². The number of nitrogens with zero attached hydrogens (tertiary/aromatic N) is 1. The Morgan fingerprint density at radius 2 is 1.77 bits per heavy atom. The second-order valence-electron chi connectivity index (χ2n) is 5.70. The van der Waals surface area contributed by atoms with Crippen LogP contribution in [0.15, 0.2) is 52.4 Å². The first-order chi connectivity index (χ1) is 12.3. The second kappa shape index (κ2) is 8.75. The molecule has 26 heavy (non-hydrogen) atoms. The molecular formula is C18H21F2N3O2S. The zero-order chi connectivity index (χ0) is 19.2. The molecule has 0 aromatic heterocycles. The summed E-state index contributed by atoms with van der Waals surface area (Å²) in [4.78, 5) is 4.62. The SMILES string of the molecule is CCNC(=NCc1ccc(S(C)(=O)=O)cc1)NCc1cc(F)ccc1F. The molecule has 2 N–H and O–H groups in total. The number of hydrogen-bond acceptors (Lipinski definition) is 3. The minimum Gasteiger partial charge on any atom is -0.357 e. The number of hydrogen-bond donors (Lipinski definition) is 2. The van der Waals surface area contributed by atoms with Gasteiger partial charge in [0.15, 0.2) is 15.8 Å². The Kier molecular flexibility index (Phi) is 6.68. The van der Waals surface area contributed by atoms with Crippen LogP contribution in [0.1, 0.15) is 18.1 Å². The Labute approximate surface area is 152 Å². The number of aliphatic imine (C=N–C) groups is 1. The third-order valence-electron chi connectivity index (χ3n) is 3.57. The summed E-state index contributed by atoms with van der Waals surface area (Å²) in [6, 6.07) is 9.73. The van der Waals surface area contributed by atoms with Crippen molar-refractivity contribution in [1.82, 2.24) is 10.6 Å². The van der Waals surface area contributed by atoms with Gasteiger partial charge in [0.1, 0.15) is 11.6 Å². The van der Waals surface area contributed by atoms with Crippen LogP contribution in [0.4, 0.5) is 8.78 Å². The maximum Gasteiger partial charge on any atom is 0.191 e. The van der Waals surface area contributed by atoms with Gasteiger partial charge in [0.2, 0.25) is 0 Å². The third kappa shape index (κ3) is 5.80. The molecule has 0 unspecified atom stereocenters. The molecule has 2 rings (SSSR count). The third-order valence-corrected chi connectivity index (χ3v) is 4.70. The molecule has 8 heteroatoms. The Bertz CT molecular complexity index is 882. The van der Waals surface area contributed by atoms with Crippen LogP contribution in [0.5, 0.6) is 0 Å². The first kappa shape index (κ1) is 19.8. The van der Waals surface area contributed by atoms with Crippen molar-refractivity contribution in [2.75, 3.05) is 12.8 Å². The van der Waals surface area contributed by atoms with Crippen molar-refractivity contribution >= 4 is 15.8 Å². The van der Waals surface area contributed by atoms with E-state index < -0.39 is 21.5 Å². The van der Waals surface area contributed by atoms with E-state index in [1.165, 1.54) is 12.1 Å². The molecule has 0 spiro atoms. The lowest BCUT2D eigenvalue weighted by atomic mass is 10.2. The van der Waals surface area contributed by atoms with Crippen molar-refractivity contribution in [3.05, 3.63) is 65.2 Å². The Morgan fingerprint density at radius 1 is 1.08 bits per heavy atom. The highest BCUT2D eigenvalue weighted by molar-refractivity contribution is 7.90. The van der Waals surface area contributed by atoms with E-state index in [0.717, 1.165) is 30.0 Å². The van der Waals surface area contributed by atoms with Gasteiger partial charge in [-0.2, -0.15) is 0 Å². The second-order valence-corrected chi connectivity index (χ2v) is 7.72. The lowest BCUT2D eigenvalue weighted by Crippen LogP contribution is -2.37. The molecule has 2 aromatic carbocycles. The predicted molar refractivity (Wildman–Crippen MR) is 97.6 cm³/mol. The number of rotatable bonds is 6. The maximum absolute atomic E-state index is 13.7. The average Bonchev–Trinajstić information content (AvgIpc) is 2.59.